The Balaban J connectivity index is 2.15. The summed E-state index contributed by atoms with van der Waals surface area (Å²) < 4.78 is 5.20. The van der Waals surface area contributed by atoms with Crippen molar-refractivity contribution < 1.29 is 9.53 Å². The van der Waals surface area contributed by atoms with E-state index in [9.17, 15) is 4.79 Å². The van der Waals surface area contributed by atoms with Crippen molar-refractivity contribution in [3.63, 3.8) is 0 Å². The maximum atomic E-state index is 12.9. The SMILES string of the molecule is COc1ccc(C(C(=O)N2CCC(C)CC2)C(C)C)cc1. The average Bonchev–Trinajstić information content (AvgIpc) is 2.48. The number of benzene rings is 1. The summed E-state index contributed by atoms with van der Waals surface area (Å²) in [7, 11) is 1.66. The van der Waals surface area contributed by atoms with Crippen molar-refractivity contribution in [2.24, 2.45) is 11.8 Å². The van der Waals surface area contributed by atoms with Crippen LogP contribution in [0.2, 0.25) is 0 Å². The summed E-state index contributed by atoms with van der Waals surface area (Å²) in [4.78, 5) is 14.9. The molecule has 1 aliphatic heterocycles. The smallest absolute Gasteiger partial charge is 0.230 e. The van der Waals surface area contributed by atoms with Gasteiger partial charge in [-0.25, -0.2) is 0 Å². The molecule has 3 heteroatoms. The van der Waals surface area contributed by atoms with Crippen LogP contribution in [0.3, 0.4) is 0 Å². The minimum Gasteiger partial charge on any atom is -0.497 e. The maximum Gasteiger partial charge on any atom is 0.230 e. The van der Waals surface area contributed by atoms with Gasteiger partial charge >= 0.3 is 0 Å². The number of carbonyl (C=O) groups excluding carboxylic acids is 1. The fourth-order valence-corrected chi connectivity index (χ4v) is 3.05. The van der Waals surface area contributed by atoms with Crippen molar-refractivity contribution in [1.29, 1.82) is 0 Å². The molecule has 0 spiro atoms. The molecule has 1 aromatic carbocycles. The Hall–Kier alpha value is -1.51. The third kappa shape index (κ3) is 3.78. The normalized spacial score (nSPS) is 17.9. The van der Waals surface area contributed by atoms with E-state index in [1.807, 2.05) is 24.3 Å². The van der Waals surface area contributed by atoms with Gasteiger partial charge in [-0.15, -0.1) is 0 Å². The number of amides is 1. The maximum absolute atomic E-state index is 12.9. The summed E-state index contributed by atoms with van der Waals surface area (Å²) in [5.41, 5.74) is 1.09. The predicted molar refractivity (Wildman–Crippen MR) is 85.6 cm³/mol. The molecule has 0 saturated carbocycles. The molecular formula is C18H27NO2. The van der Waals surface area contributed by atoms with Gasteiger partial charge in [-0.3, -0.25) is 4.79 Å². The monoisotopic (exact) mass is 289 g/mol. The lowest BCUT2D eigenvalue weighted by atomic mass is 9.86. The molecule has 2 rings (SSSR count). The number of carbonyl (C=O) groups is 1. The van der Waals surface area contributed by atoms with Gasteiger partial charge in [0.25, 0.3) is 0 Å². The molecule has 1 saturated heterocycles. The number of hydrogen-bond acceptors (Lipinski definition) is 2. The minimum atomic E-state index is -0.0516. The fraction of sp³-hybridized carbons (Fsp3) is 0.611. The van der Waals surface area contributed by atoms with Crippen molar-refractivity contribution in [2.75, 3.05) is 20.2 Å². The van der Waals surface area contributed by atoms with Gasteiger partial charge in [0.15, 0.2) is 0 Å². The van der Waals surface area contributed by atoms with E-state index in [1.165, 1.54) is 0 Å². The van der Waals surface area contributed by atoms with Crippen molar-refractivity contribution >= 4 is 5.91 Å². The molecule has 1 aromatic rings. The molecule has 1 aliphatic rings. The van der Waals surface area contributed by atoms with Gasteiger partial charge < -0.3 is 9.64 Å². The molecule has 1 heterocycles. The summed E-state index contributed by atoms with van der Waals surface area (Å²) in [5.74, 6) is 2.10. The van der Waals surface area contributed by atoms with Crippen LogP contribution in [-0.4, -0.2) is 31.0 Å². The highest BCUT2D eigenvalue weighted by atomic mass is 16.5. The van der Waals surface area contributed by atoms with Gasteiger partial charge in [-0.2, -0.15) is 0 Å². The molecular weight excluding hydrogens is 262 g/mol. The zero-order chi connectivity index (χ0) is 15.4. The van der Waals surface area contributed by atoms with Crippen LogP contribution in [0, 0.1) is 11.8 Å². The van der Waals surface area contributed by atoms with Crippen molar-refractivity contribution in [3.8, 4) is 5.75 Å². The summed E-state index contributed by atoms with van der Waals surface area (Å²) in [5, 5.41) is 0. The molecule has 1 atom stereocenters. The zero-order valence-electron chi connectivity index (χ0n) is 13.6. The van der Waals surface area contributed by atoms with E-state index in [1.54, 1.807) is 7.11 Å². The van der Waals surface area contributed by atoms with Crippen LogP contribution in [-0.2, 0) is 4.79 Å². The van der Waals surface area contributed by atoms with E-state index in [0.29, 0.717) is 5.92 Å². The zero-order valence-corrected chi connectivity index (χ0v) is 13.6. The number of likely N-dealkylation sites (tertiary alicyclic amines) is 1. The Morgan fingerprint density at radius 2 is 1.76 bits per heavy atom. The first-order valence-corrected chi connectivity index (χ1v) is 7.95. The summed E-state index contributed by atoms with van der Waals surface area (Å²) in [6.45, 7) is 8.32. The Labute approximate surface area is 128 Å². The Kier molecular flexibility index (Phi) is 5.27. The first-order valence-electron chi connectivity index (χ1n) is 7.95. The first kappa shape index (κ1) is 15.9. The van der Waals surface area contributed by atoms with Crippen LogP contribution in [0.25, 0.3) is 0 Å². The van der Waals surface area contributed by atoms with Crippen LogP contribution in [0.4, 0.5) is 0 Å². The van der Waals surface area contributed by atoms with Gasteiger partial charge in [0.1, 0.15) is 5.75 Å². The molecule has 1 unspecified atom stereocenters. The van der Waals surface area contributed by atoms with Gasteiger partial charge in [0.05, 0.1) is 13.0 Å². The van der Waals surface area contributed by atoms with Gasteiger partial charge in [0.2, 0.25) is 5.91 Å². The number of piperidine rings is 1. The third-order valence-corrected chi connectivity index (χ3v) is 4.50. The molecule has 116 valence electrons. The van der Waals surface area contributed by atoms with Gasteiger partial charge in [-0.05, 0) is 42.4 Å². The van der Waals surface area contributed by atoms with Gasteiger partial charge in [-0.1, -0.05) is 32.9 Å². The lowest BCUT2D eigenvalue weighted by Gasteiger charge is -2.34. The molecule has 1 fully saturated rings. The number of hydrogen-bond donors (Lipinski definition) is 0. The minimum absolute atomic E-state index is 0.0516. The summed E-state index contributed by atoms with van der Waals surface area (Å²) >= 11 is 0. The number of rotatable bonds is 4. The average molecular weight is 289 g/mol. The van der Waals surface area contributed by atoms with Crippen LogP contribution < -0.4 is 4.74 Å². The highest BCUT2D eigenvalue weighted by Gasteiger charge is 2.30. The van der Waals surface area contributed by atoms with E-state index in [0.717, 1.165) is 43.2 Å². The van der Waals surface area contributed by atoms with E-state index in [4.69, 9.17) is 4.74 Å². The van der Waals surface area contributed by atoms with E-state index in [2.05, 4.69) is 25.7 Å². The molecule has 21 heavy (non-hydrogen) atoms. The third-order valence-electron chi connectivity index (χ3n) is 4.50. The highest BCUT2D eigenvalue weighted by Crippen LogP contribution is 2.30. The molecule has 0 aliphatic carbocycles. The summed E-state index contributed by atoms with van der Waals surface area (Å²) in [6, 6.07) is 7.93. The van der Waals surface area contributed by atoms with Crippen molar-refractivity contribution in [1.82, 2.24) is 4.90 Å². The highest BCUT2D eigenvalue weighted by molar-refractivity contribution is 5.84. The second-order valence-corrected chi connectivity index (χ2v) is 6.50. The Morgan fingerprint density at radius 3 is 2.24 bits per heavy atom. The van der Waals surface area contributed by atoms with Crippen LogP contribution in [0.15, 0.2) is 24.3 Å². The van der Waals surface area contributed by atoms with Crippen LogP contribution in [0.1, 0.15) is 45.1 Å². The molecule has 0 N–H and O–H groups in total. The Morgan fingerprint density at radius 1 is 1.19 bits per heavy atom. The van der Waals surface area contributed by atoms with Crippen LogP contribution >= 0.6 is 0 Å². The second kappa shape index (κ2) is 6.97. The number of nitrogens with zero attached hydrogens (tertiary/aromatic N) is 1. The standard InChI is InChI=1S/C18H27NO2/c1-13(2)17(15-5-7-16(21-4)8-6-15)18(20)19-11-9-14(3)10-12-19/h5-8,13-14,17H,9-12H2,1-4H3. The lowest BCUT2D eigenvalue weighted by Crippen LogP contribution is -2.41. The van der Waals surface area contributed by atoms with Crippen LogP contribution in [0.5, 0.6) is 5.75 Å². The largest absolute Gasteiger partial charge is 0.497 e. The van der Waals surface area contributed by atoms with E-state index < -0.39 is 0 Å². The van der Waals surface area contributed by atoms with Crippen molar-refractivity contribution in [3.05, 3.63) is 29.8 Å². The summed E-state index contributed by atoms with van der Waals surface area (Å²) in [6.07, 6.45) is 2.25. The molecule has 0 bridgehead atoms. The lowest BCUT2D eigenvalue weighted by molar-refractivity contribution is -0.135. The number of methoxy groups -OCH3 is 1. The first-order chi connectivity index (χ1) is 10.0. The predicted octanol–water partition coefficient (Wildman–Crippen LogP) is 3.69. The Bertz CT molecular complexity index is 459. The fourth-order valence-electron chi connectivity index (χ4n) is 3.05. The molecule has 3 nitrogen and oxygen atoms in total. The second-order valence-electron chi connectivity index (χ2n) is 6.50. The topological polar surface area (TPSA) is 29.5 Å². The molecule has 0 aromatic heterocycles. The van der Waals surface area contributed by atoms with Crippen molar-refractivity contribution in [2.45, 2.75) is 39.5 Å². The molecule has 0 radical (unpaired) electrons. The molecule has 1 amide bonds. The van der Waals surface area contributed by atoms with Gasteiger partial charge in [0, 0.05) is 13.1 Å². The van der Waals surface area contributed by atoms with E-state index in [-0.39, 0.29) is 11.8 Å². The quantitative estimate of drug-likeness (QED) is 0.846. The number of ether oxygens (including phenoxy) is 1. The van der Waals surface area contributed by atoms with E-state index >= 15 is 0 Å².